The second-order valence-corrected chi connectivity index (χ2v) is 17.5. The van der Waals surface area contributed by atoms with Gasteiger partial charge in [0.05, 0.1) is 36.1 Å². The summed E-state index contributed by atoms with van der Waals surface area (Å²) in [5.74, 6) is -0.560. The van der Waals surface area contributed by atoms with Crippen LogP contribution in [-0.4, -0.2) is 118 Å². The zero-order chi connectivity index (χ0) is 41.1. The number of nitriles is 1. The van der Waals surface area contributed by atoms with Gasteiger partial charge in [0.25, 0.3) is 5.91 Å². The molecule has 18 heteroatoms. The largest absolute Gasteiger partial charge is 0.369 e. The van der Waals surface area contributed by atoms with E-state index in [1.807, 2.05) is 18.2 Å². The molecule has 2 aromatic carbocycles. The third-order valence-electron chi connectivity index (χ3n) is 11.5. The number of nitrogens with one attached hydrogen (secondary N) is 4. The van der Waals surface area contributed by atoms with E-state index in [-0.39, 0.29) is 48.9 Å². The maximum atomic E-state index is 13.0. The first-order valence-electron chi connectivity index (χ1n) is 19.9. The number of sulfonamides is 1. The van der Waals surface area contributed by atoms with Crippen LogP contribution in [0.1, 0.15) is 54.4 Å². The van der Waals surface area contributed by atoms with E-state index in [1.54, 1.807) is 54.5 Å². The van der Waals surface area contributed by atoms with Gasteiger partial charge in [-0.2, -0.15) is 19.6 Å². The number of aromatic nitrogens is 5. The number of amides is 3. The van der Waals surface area contributed by atoms with Crippen molar-refractivity contribution in [3.63, 3.8) is 0 Å². The van der Waals surface area contributed by atoms with Crippen molar-refractivity contribution in [2.75, 3.05) is 68.3 Å². The number of imide groups is 1. The molecule has 0 saturated carbocycles. The molecule has 1 unspecified atom stereocenters. The van der Waals surface area contributed by atoms with Gasteiger partial charge in [0, 0.05) is 92.5 Å². The Morgan fingerprint density at radius 1 is 1.05 bits per heavy atom. The smallest absolute Gasteiger partial charge is 0.251 e. The summed E-state index contributed by atoms with van der Waals surface area (Å²) in [6.45, 7) is 6.87. The van der Waals surface area contributed by atoms with Gasteiger partial charge in [-0.3, -0.25) is 29.3 Å². The van der Waals surface area contributed by atoms with Crippen LogP contribution in [0.4, 0.5) is 17.3 Å². The first-order chi connectivity index (χ1) is 28.5. The van der Waals surface area contributed by atoms with Crippen molar-refractivity contribution in [1.29, 1.82) is 5.26 Å². The van der Waals surface area contributed by atoms with E-state index in [4.69, 9.17) is 4.98 Å². The van der Waals surface area contributed by atoms with Gasteiger partial charge in [-0.1, -0.05) is 12.1 Å². The number of rotatable bonds is 14. The number of nitrogens with zero attached hydrogens (tertiary/aromatic N) is 8. The quantitative estimate of drug-likeness (QED) is 0.0939. The molecule has 59 heavy (non-hydrogen) atoms. The summed E-state index contributed by atoms with van der Waals surface area (Å²) in [6.07, 6.45) is 7.06. The molecule has 8 rings (SSSR count). The molecular formula is C41H46N12O5S. The molecule has 6 heterocycles. The van der Waals surface area contributed by atoms with Gasteiger partial charge >= 0.3 is 0 Å². The van der Waals surface area contributed by atoms with E-state index < -0.39 is 15.6 Å². The second-order valence-electron chi connectivity index (χ2n) is 15.3. The number of hydrogen-bond donors (Lipinski definition) is 4. The zero-order valence-corrected chi connectivity index (χ0v) is 33.5. The molecule has 0 bridgehead atoms. The molecule has 1 atom stereocenters. The Morgan fingerprint density at radius 3 is 2.59 bits per heavy atom. The Morgan fingerprint density at radius 2 is 1.85 bits per heavy atom. The van der Waals surface area contributed by atoms with Crippen LogP contribution in [0.2, 0.25) is 0 Å². The lowest BCUT2D eigenvalue weighted by Gasteiger charge is -2.47. The van der Waals surface area contributed by atoms with Crippen molar-refractivity contribution in [1.82, 2.24) is 44.6 Å². The number of hydrogen-bond acceptors (Lipinski definition) is 12. The second kappa shape index (κ2) is 16.6. The number of anilines is 3. The number of fused-ring (bicyclic) bond motifs is 1. The van der Waals surface area contributed by atoms with Crippen molar-refractivity contribution in [3.05, 3.63) is 84.3 Å². The van der Waals surface area contributed by atoms with Crippen molar-refractivity contribution >= 4 is 56.1 Å². The fourth-order valence-electron chi connectivity index (χ4n) is 8.02. The lowest BCUT2D eigenvalue weighted by atomic mass is 9.89. The Hall–Kier alpha value is -6.16. The summed E-state index contributed by atoms with van der Waals surface area (Å²) >= 11 is 0. The van der Waals surface area contributed by atoms with Crippen molar-refractivity contribution in [3.8, 4) is 17.3 Å². The molecule has 0 spiro atoms. The predicted octanol–water partition coefficient (Wildman–Crippen LogP) is 3.30. The van der Waals surface area contributed by atoms with Crippen molar-refractivity contribution in [2.24, 2.45) is 0 Å². The van der Waals surface area contributed by atoms with Crippen LogP contribution in [0.15, 0.2) is 73.2 Å². The van der Waals surface area contributed by atoms with Gasteiger partial charge in [0.15, 0.2) is 0 Å². The molecular weight excluding hydrogens is 773 g/mol. The third kappa shape index (κ3) is 8.40. The van der Waals surface area contributed by atoms with E-state index in [2.05, 4.69) is 59.0 Å². The highest BCUT2D eigenvalue weighted by molar-refractivity contribution is 7.89. The van der Waals surface area contributed by atoms with Gasteiger partial charge in [0.1, 0.15) is 11.2 Å². The average molecular weight is 819 g/mol. The van der Waals surface area contributed by atoms with Crippen LogP contribution in [0.3, 0.4) is 0 Å². The van der Waals surface area contributed by atoms with Gasteiger partial charge in [-0.25, -0.2) is 13.4 Å². The minimum absolute atomic E-state index is 0.00486. The van der Waals surface area contributed by atoms with Crippen LogP contribution in [0.25, 0.3) is 22.3 Å². The highest BCUT2D eigenvalue weighted by Crippen LogP contribution is 2.36. The minimum atomic E-state index is -3.38. The van der Waals surface area contributed by atoms with E-state index in [0.717, 1.165) is 55.8 Å². The fourth-order valence-corrected chi connectivity index (χ4v) is 9.26. The molecule has 3 aromatic heterocycles. The zero-order valence-electron chi connectivity index (χ0n) is 32.7. The summed E-state index contributed by atoms with van der Waals surface area (Å²) < 4.78 is 27.9. The van der Waals surface area contributed by atoms with Crippen LogP contribution < -0.4 is 20.9 Å². The van der Waals surface area contributed by atoms with Gasteiger partial charge in [0.2, 0.25) is 27.8 Å². The number of piperidine rings is 1. The highest BCUT2D eigenvalue weighted by Gasteiger charge is 2.49. The Bertz CT molecular complexity index is 2510. The maximum Gasteiger partial charge on any atom is 0.251 e. The van der Waals surface area contributed by atoms with Gasteiger partial charge in [-0.05, 0) is 74.3 Å². The number of H-pyrrole nitrogens is 1. The van der Waals surface area contributed by atoms with Crippen molar-refractivity contribution < 1.29 is 22.8 Å². The molecule has 3 aliphatic heterocycles. The van der Waals surface area contributed by atoms with E-state index in [1.165, 1.54) is 4.31 Å². The maximum absolute atomic E-state index is 13.0. The first-order valence-corrected chi connectivity index (χ1v) is 21.5. The SMILES string of the molecule is CCS(=O)(=O)N1CC(CC#N)(n2cc(-c3nc(Nc4ccc(C(=O)NCCCN5CCN(c6cccc(C7CCC(=O)NC7=O)c6)CC5)cc4)nc4[nH]ccc34)cn2)C1. The third-order valence-corrected chi connectivity index (χ3v) is 13.2. The molecule has 0 aliphatic carbocycles. The topological polar surface area (TPSA) is 214 Å². The molecule has 3 aliphatic rings. The average Bonchev–Trinajstić information content (AvgIpc) is 3.92. The lowest BCUT2D eigenvalue weighted by Crippen LogP contribution is -2.64. The number of carbonyl (C=O) groups is 3. The Balaban J connectivity index is 0.822. The minimum Gasteiger partial charge on any atom is -0.369 e. The van der Waals surface area contributed by atoms with Crippen LogP contribution >= 0.6 is 0 Å². The molecule has 0 radical (unpaired) electrons. The van der Waals surface area contributed by atoms with Gasteiger partial charge < -0.3 is 20.5 Å². The Labute approximate surface area is 341 Å². The normalized spacial score (nSPS) is 18.6. The van der Waals surface area contributed by atoms with Crippen LogP contribution in [-0.2, 0) is 25.2 Å². The number of carbonyl (C=O) groups excluding carboxylic acids is 3. The first kappa shape index (κ1) is 39.7. The standard InChI is InChI=1S/C41H46N12O5S/c1-2-59(57,58)52-26-41(27-52,14-15-42)53-25-30(24-45-53)36-34-13-17-43-37(34)49-40(48-36)46-31-9-7-28(8-10-31)38(55)44-16-4-18-50-19-21-51(22-20-50)32-6-3-5-29(23-32)33-11-12-35(54)47-39(33)56/h3,5-10,13,17,23-25,33H,2,4,11-12,14,16,18-22,26-27H2,1H3,(H,44,55)(H,47,54,56)(H2,43,46,48,49). The van der Waals surface area contributed by atoms with Crippen LogP contribution in [0, 0.1) is 11.3 Å². The number of aromatic amines is 1. The van der Waals surface area contributed by atoms with Crippen LogP contribution in [0.5, 0.6) is 0 Å². The molecule has 17 nitrogen and oxygen atoms in total. The predicted molar refractivity (Wildman–Crippen MR) is 221 cm³/mol. The summed E-state index contributed by atoms with van der Waals surface area (Å²) in [5, 5.41) is 23.6. The summed E-state index contributed by atoms with van der Waals surface area (Å²) in [7, 11) is -3.38. The fraction of sp³-hybridized carbons (Fsp3) is 0.390. The summed E-state index contributed by atoms with van der Waals surface area (Å²) in [5.41, 5.74) is 4.40. The Kier molecular flexibility index (Phi) is 11.2. The molecule has 5 aromatic rings. The number of piperazine rings is 1. The monoisotopic (exact) mass is 818 g/mol. The molecule has 3 fully saturated rings. The van der Waals surface area contributed by atoms with E-state index >= 15 is 0 Å². The van der Waals surface area contributed by atoms with E-state index in [0.29, 0.717) is 53.5 Å². The summed E-state index contributed by atoms with van der Waals surface area (Å²) in [6, 6.07) is 19.2. The molecule has 3 saturated heterocycles. The van der Waals surface area contributed by atoms with Gasteiger partial charge in [-0.15, -0.1) is 0 Å². The lowest BCUT2D eigenvalue weighted by molar-refractivity contribution is -0.134. The molecule has 306 valence electrons. The number of benzene rings is 2. The summed E-state index contributed by atoms with van der Waals surface area (Å²) in [4.78, 5) is 54.3. The van der Waals surface area contributed by atoms with E-state index in [9.17, 15) is 28.1 Å². The molecule has 3 amide bonds. The molecule has 4 N–H and O–H groups in total. The van der Waals surface area contributed by atoms with Crippen molar-refractivity contribution in [2.45, 2.75) is 44.1 Å². The highest BCUT2D eigenvalue weighted by atomic mass is 32.2.